The predicted molar refractivity (Wildman–Crippen MR) is 73.6 cm³/mol. The number of hydrogen-bond acceptors (Lipinski definition) is 4. The number of likely N-dealkylation sites (tertiary alicyclic amines) is 1. The molecule has 2 aliphatic rings. The Hall–Kier alpha value is -1.58. The van der Waals surface area contributed by atoms with Crippen LogP contribution in [0, 0.1) is 12.3 Å². The van der Waals surface area contributed by atoms with Gasteiger partial charge in [0.05, 0.1) is 19.3 Å². The van der Waals surface area contributed by atoms with Gasteiger partial charge in [-0.1, -0.05) is 0 Å². The van der Waals surface area contributed by atoms with Crippen LogP contribution in [0.3, 0.4) is 0 Å². The molecule has 2 N–H and O–H groups in total. The molecule has 0 aliphatic carbocycles. The number of ether oxygens (including phenoxy) is 1. The first kappa shape index (κ1) is 14.8. The predicted octanol–water partition coefficient (Wildman–Crippen LogP) is -0.813. The van der Waals surface area contributed by atoms with Crippen LogP contribution in [-0.2, 0) is 14.3 Å². The van der Waals surface area contributed by atoms with Crippen LogP contribution < -0.4 is 5.73 Å². The smallest absolute Gasteiger partial charge is 0.245 e. The Kier molecular flexibility index (Phi) is 4.99. The van der Waals surface area contributed by atoms with Crippen molar-refractivity contribution in [2.75, 3.05) is 32.8 Å². The normalized spacial score (nSPS) is 24.3. The van der Waals surface area contributed by atoms with Crippen molar-refractivity contribution in [1.29, 1.82) is 0 Å². The number of carbonyl (C=O) groups is 2. The maximum Gasteiger partial charge on any atom is 0.245 e. The van der Waals surface area contributed by atoms with Gasteiger partial charge in [0.1, 0.15) is 6.04 Å². The Morgan fingerprint density at radius 2 is 2.05 bits per heavy atom. The van der Waals surface area contributed by atoms with Gasteiger partial charge in [-0.15, -0.1) is 12.3 Å². The summed E-state index contributed by atoms with van der Waals surface area (Å²) in [5.41, 5.74) is 5.77. The fraction of sp³-hybridized carbons (Fsp3) is 0.714. The van der Waals surface area contributed by atoms with E-state index in [1.807, 2.05) is 0 Å². The summed E-state index contributed by atoms with van der Waals surface area (Å²) in [6, 6.07) is -1.09. The van der Waals surface area contributed by atoms with E-state index < -0.39 is 6.04 Å². The minimum Gasteiger partial charge on any atom is -0.378 e. The Morgan fingerprint density at radius 3 is 2.70 bits per heavy atom. The third kappa shape index (κ3) is 3.11. The van der Waals surface area contributed by atoms with E-state index in [9.17, 15) is 9.59 Å². The number of amides is 2. The van der Waals surface area contributed by atoms with Crippen molar-refractivity contribution in [3.8, 4) is 12.3 Å². The Labute approximate surface area is 119 Å². The Morgan fingerprint density at radius 1 is 1.35 bits per heavy atom. The molecule has 0 radical (unpaired) electrons. The van der Waals surface area contributed by atoms with E-state index in [-0.39, 0.29) is 24.3 Å². The van der Waals surface area contributed by atoms with Gasteiger partial charge in [0.15, 0.2) is 0 Å². The molecule has 2 fully saturated rings. The maximum absolute atomic E-state index is 12.5. The molecule has 0 saturated carbocycles. The molecule has 2 atom stereocenters. The molecular formula is C14H21N3O3. The minimum atomic E-state index is -0.710. The quantitative estimate of drug-likeness (QED) is 0.685. The molecule has 110 valence electrons. The van der Waals surface area contributed by atoms with E-state index in [4.69, 9.17) is 16.9 Å². The molecular weight excluding hydrogens is 258 g/mol. The zero-order chi connectivity index (χ0) is 14.5. The molecule has 0 spiro atoms. The van der Waals surface area contributed by atoms with Crippen molar-refractivity contribution in [3.63, 3.8) is 0 Å². The van der Waals surface area contributed by atoms with Crippen LogP contribution in [0.25, 0.3) is 0 Å². The molecule has 20 heavy (non-hydrogen) atoms. The molecule has 6 heteroatoms. The molecule has 0 aromatic heterocycles. The zero-order valence-corrected chi connectivity index (χ0v) is 11.6. The van der Waals surface area contributed by atoms with Crippen molar-refractivity contribution in [3.05, 3.63) is 0 Å². The summed E-state index contributed by atoms with van der Waals surface area (Å²) in [4.78, 5) is 28.1. The van der Waals surface area contributed by atoms with Crippen LogP contribution in [0.1, 0.15) is 19.3 Å². The number of terminal acetylenes is 1. The molecule has 2 heterocycles. The molecule has 2 unspecified atom stereocenters. The third-order valence-corrected chi connectivity index (χ3v) is 3.80. The largest absolute Gasteiger partial charge is 0.378 e. The number of nitrogens with two attached hydrogens (primary N) is 1. The number of hydrogen-bond donors (Lipinski definition) is 1. The Balaban J connectivity index is 2.01. The average molecular weight is 279 g/mol. The van der Waals surface area contributed by atoms with Gasteiger partial charge in [0.2, 0.25) is 11.8 Å². The molecule has 0 bridgehead atoms. The van der Waals surface area contributed by atoms with E-state index >= 15 is 0 Å². The highest BCUT2D eigenvalue weighted by molar-refractivity contribution is 5.90. The van der Waals surface area contributed by atoms with Crippen LogP contribution in [-0.4, -0.2) is 66.5 Å². The molecule has 0 aromatic carbocycles. The van der Waals surface area contributed by atoms with Crippen molar-refractivity contribution >= 4 is 11.8 Å². The summed E-state index contributed by atoms with van der Waals surface area (Å²) in [6.07, 6.45) is 6.92. The third-order valence-electron chi connectivity index (χ3n) is 3.80. The zero-order valence-electron chi connectivity index (χ0n) is 11.6. The van der Waals surface area contributed by atoms with Crippen molar-refractivity contribution in [2.24, 2.45) is 5.73 Å². The molecule has 2 aliphatic heterocycles. The SMILES string of the molecule is C#CCC(N)C(=O)N1CCCC1C(=O)N1CCOCC1. The minimum absolute atomic E-state index is 0.00653. The number of carbonyl (C=O) groups excluding carboxylic acids is 2. The average Bonchev–Trinajstić information content (AvgIpc) is 2.96. The first-order valence-electron chi connectivity index (χ1n) is 7.01. The van der Waals surface area contributed by atoms with Gasteiger partial charge in [0.25, 0.3) is 0 Å². The summed E-state index contributed by atoms with van der Waals surface area (Å²) >= 11 is 0. The topological polar surface area (TPSA) is 75.9 Å². The van der Waals surface area contributed by atoms with Gasteiger partial charge in [-0.25, -0.2) is 0 Å². The van der Waals surface area contributed by atoms with Crippen LogP contribution >= 0.6 is 0 Å². The lowest BCUT2D eigenvalue weighted by Gasteiger charge is -2.33. The van der Waals surface area contributed by atoms with Gasteiger partial charge in [0, 0.05) is 26.1 Å². The lowest BCUT2D eigenvalue weighted by Crippen LogP contribution is -2.53. The molecule has 0 aromatic rings. The first-order chi connectivity index (χ1) is 9.65. The summed E-state index contributed by atoms with van der Waals surface area (Å²) in [7, 11) is 0. The molecule has 2 saturated heterocycles. The van der Waals surface area contributed by atoms with E-state index in [0.29, 0.717) is 39.3 Å². The monoisotopic (exact) mass is 279 g/mol. The summed E-state index contributed by atoms with van der Waals surface area (Å²) in [5.74, 6) is 2.19. The van der Waals surface area contributed by atoms with E-state index in [1.165, 1.54) is 0 Å². The second kappa shape index (κ2) is 6.73. The highest BCUT2D eigenvalue weighted by atomic mass is 16.5. The van der Waals surface area contributed by atoms with E-state index in [2.05, 4.69) is 5.92 Å². The van der Waals surface area contributed by atoms with Crippen LogP contribution in [0.15, 0.2) is 0 Å². The molecule has 6 nitrogen and oxygen atoms in total. The second-order valence-electron chi connectivity index (χ2n) is 5.14. The van der Waals surface area contributed by atoms with Gasteiger partial charge in [-0.05, 0) is 12.8 Å². The van der Waals surface area contributed by atoms with E-state index in [1.54, 1.807) is 9.80 Å². The lowest BCUT2D eigenvalue weighted by atomic mass is 10.1. The van der Waals surface area contributed by atoms with Crippen LogP contribution in [0.2, 0.25) is 0 Å². The van der Waals surface area contributed by atoms with Gasteiger partial charge in [-0.3, -0.25) is 9.59 Å². The number of nitrogens with zero attached hydrogens (tertiary/aromatic N) is 2. The maximum atomic E-state index is 12.5. The number of morpholine rings is 1. The first-order valence-corrected chi connectivity index (χ1v) is 7.01. The molecule has 2 amide bonds. The van der Waals surface area contributed by atoms with Crippen molar-refractivity contribution < 1.29 is 14.3 Å². The van der Waals surface area contributed by atoms with Crippen LogP contribution in [0.4, 0.5) is 0 Å². The van der Waals surface area contributed by atoms with E-state index in [0.717, 1.165) is 6.42 Å². The van der Waals surface area contributed by atoms with Crippen molar-refractivity contribution in [1.82, 2.24) is 9.80 Å². The highest BCUT2D eigenvalue weighted by Crippen LogP contribution is 2.21. The summed E-state index contributed by atoms with van der Waals surface area (Å²) in [5, 5.41) is 0. The van der Waals surface area contributed by atoms with Gasteiger partial charge < -0.3 is 20.3 Å². The summed E-state index contributed by atoms with van der Waals surface area (Å²) < 4.78 is 5.24. The standard InChI is InChI=1S/C14H21N3O3/c1-2-4-11(15)13(18)17-6-3-5-12(17)14(19)16-7-9-20-10-8-16/h1,11-12H,3-10,15H2. The lowest BCUT2D eigenvalue weighted by molar-refractivity contribution is -0.146. The van der Waals surface area contributed by atoms with Crippen molar-refractivity contribution in [2.45, 2.75) is 31.3 Å². The fourth-order valence-electron chi connectivity index (χ4n) is 2.71. The second-order valence-corrected chi connectivity index (χ2v) is 5.14. The fourth-order valence-corrected chi connectivity index (χ4v) is 2.71. The van der Waals surface area contributed by atoms with Gasteiger partial charge in [-0.2, -0.15) is 0 Å². The Bertz CT molecular complexity index is 412. The molecule has 2 rings (SSSR count). The summed E-state index contributed by atoms with van der Waals surface area (Å²) in [6.45, 7) is 2.88. The highest BCUT2D eigenvalue weighted by Gasteiger charge is 2.38. The number of rotatable bonds is 3. The van der Waals surface area contributed by atoms with Gasteiger partial charge >= 0.3 is 0 Å². The van der Waals surface area contributed by atoms with Crippen LogP contribution in [0.5, 0.6) is 0 Å².